The van der Waals surface area contributed by atoms with E-state index >= 15 is 0 Å². The number of aliphatic hydroxyl groups excluding tert-OH is 1. The van der Waals surface area contributed by atoms with Crippen LogP contribution in [0.5, 0.6) is 0 Å². The van der Waals surface area contributed by atoms with E-state index in [4.69, 9.17) is 4.74 Å². The van der Waals surface area contributed by atoms with Crippen LogP contribution in [-0.2, 0) is 4.74 Å². The summed E-state index contributed by atoms with van der Waals surface area (Å²) < 4.78 is 5.05. The summed E-state index contributed by atoms with van der Waals surface area (Å²) >= 11 is 0. The summed E-state index contributed by atoms with van der Waals surface area (Å²) in [5, 5.41) is 13.4. The van der Waals surface area contributed by atoms with Crippen molar-refractivity contribution in [3.8, 4) is 0 Å². The van der Waals surface area contributed by atoms with Crippen molar-refractivity contribution in [1.29, 1.82) is 0 Å². The van der Waals surface area contributed by atoms with Crippen LogP contribution < -0.4 is 5.32 Å². The van der Waals surface area contributed by atoms with Crippen molar-refractivity contribution in [2.75, 3.05) is 13.7 Å². The Labute approximate surface area is 93.2 Å². The molecule has 1 aliphatic carbocycles. The lowest BCUT2D eigenvalue weighted by atomic mass is 10.0. The van der Waals surface area contributed by atoms with Gasteiger partial charge in [0.15, 0.2) is 0 Å². The van der Waals surface area contributed by atoms with Crippen LogP contribution in [0.4, 0.5) is 0 Å². The zero-order chi connectivity index (χ0) is 11.1. The molecular formula is C12H25NO2. The van der Waals surface area contributed by atoms with E-state index in [0.717, 1.165) is 25.9 Å². The molecule has 3 atom stereocenters. The highest BCUT2D eigenvalue weighted by Gasteiger charge is 2.22. The first-order valence-electron chi connectivity index (χ1n) is 6.17. The molecule has 90 valence electrons. The number of aliphatic hydroxyl groups is 1. The quantitative estimate of drug-likeness (QED) is 0.686. The fourth-order valence-corrected chi connectivity index (χ4v) is 2.23. The van der Waals surface area contributed by atoms with Crippen molar-refractivity contribution in [2.24, 2.45) is 0 Å². The van der Waals surface area contributed by atoms with Crippen LogP contribution in [0, 0.1) is 0 Å². The molecule has 0 aromatic rings. The molecule has 3 unspecified atom stereocenters. The minimum Gasteiger partial charge on any atom is -0.392 e. The molecule has 0 radical (unpaired) electrons. The molecule has 15 heavy (non-hydrogen) atoms. The average Bonchev–Trinajstić information content (AvgIpc) is 2.42. The van der Waals surface area contributed by atoms with Gasteiger partial charge in [-0.25, -0.2) is 0 Å². The predicted molar refractivity (Wildman–Crippen MR) is 62.0 cm³/mol. The van der Waals surface area contributed by atoms with E-state index in [2.05, 4.69) is 12.2 Å². The van der Waals surface area contributed by atoms with E-state index in [0.29, 0.717) is 12.1 Å². The summed E-state index contributed by atoms with van der Waals surface area (Å²) in [5.41, 5.74) is 0. The van der Waals surface area contributed by atoms with E-state index in [1.807, 2.05) is 0 Å². The minimum atomic E-state index is -0.155. The number of methoxy groups -OCH3 is 1. The van der Waals surface area contributed by atoms with Gasteiger partial charge in [-0.05, 0) is 26.2 Å². The largest absolute Gasteiger partial charge is 0.392 e. The van der Waals surface area contributed by atoms with Gasteiger partial charge in [0.25, 0.3) is 0 Å². The molecule has 0 aromatic heterocycles. The SMILES string of the molecule is COCCC(C)NC1CCCCCC1O. The van der Waals surface area contributed by atoms with Gasteiger partial charge in [-0.15, -0.1) is 0 Å². The first-order valence-corrected chi connectivity index (χ1v) is 6.17. The van der Waals surface area contributed by atoms with Crippen LogP contribution in [0.15, 0.2) is 0 Å². The molecule has 1 fully saturated rings. The van der Waals surface area contributed by atoms with Gasteiger partial charge in [0.1, 0.15) is 0 Å². The summed E-state index contributed by atoms with van der Waals surface area (Å²) in [6.07, 6.45) is 6.60. The fourth-order valence-electron chi connectivity index (χ4n) is 2.23. The van der Waals surface area contributed by atoms with E-state index in [9.17, 15) is 5.11 Å². The van der Waals surface area contributed by atoms with Crippen molar-refractivity contribution in [3.63, 3.8) is 0 Å². The van der Waals surface area contributed by atoms with Crippen molar-refractivity contribution in [2.45, 2.75) is 63.6 Å². The van der Waals surface area contributed by atoms with E-state index in [-0.39, 0.29) is 6.10 Å². The molecule has 1 rings (SSSR count). The summed E-state index contributed by atoms with van der Waals surface area (Å²) in [7, 11) is 1.73. The van der Waals surface area contributed by atoms with Gasteiger partial charge >= 0.3 is 0 Å². The highest BCUT2D eigenvalue weighted by molar-refractivity contribution is 4.81. The Morgan fingerprint density at radius 1 is 1.33 bits per heavy atom. The molecule has 1 saturated carbocycles. The second-order valence-electron chi connectivity index (χ2n) is 4.66. The van der Waals surface area contributed by atoms with Crippen molar-refractivity contribution < 1.29 is 9.84 Å². The van der Waals surface area contributed by atoms with Crippen LogP contribution in [0.25, 0.3) is 0 Å². The molecule has 0 amide bonds. The molecule has 0 bridgehead atoms. The Morgan fingerprint density at radius 3 is 2.80 bits per heavy atom. The topological polar surface area (TPSA) is 41.5 Å². The minimum absolute atomic E-state index is 0.155. The molecule has 2 N–H and O–H groups in total. The monoisotopic (exact) mass is 215 g/mol. The van der Waals surface area contributed by atoms with E-state index in [1.54, 1.807) is 7.11 Å². The lowest BCUT2D eigenvalue weighted by Gasteiger charge is -2.25. The number of nitrogens with one attached hydrogen (secondary N) is 1. The van der Waals surface area contributed by atoms with E-state index in [1.165, 1.54) is 19.3 Å². The van der Waals surface area contributed by atoms with Crippen LogP contribution in [0.1, 0.15) is 45.4 Å². The number of hydrogen-bond acceptors (Lipinski definition) is 3. The van der Waals surface area contributed by atoms with Crippen molar-refractivity contribution >= 4 is 0 Å². The van der Waals surface area contributed by atoms with Crippen LogP contribution in [-0.4, -0.2) is 37.0 Å². The van der Waals surface area contributed by atoms with Crippen LogP contribution >= 0.6 is 0 Å². The van der Waals surface area contributed by atoms with Gasteiger partial charge in [-0.1, -0.05) is 19.3 Å². The average molecular weight is 215 g/mol. The molecular weight excluding hydrogens is 190 g/mol. The molecule has 0 spiro atoms. The summed E-state index contributed by atoms with van der Waals surface area (Å²) in [5.74, 6) is 0. The Hall–Kier alpha value is -0.120. The van der Waals surface area contributed by atoms with Gasteiger partial charge in [0, 0.05) is 25.8 Å². The summed E-state index contributed by atoms with van der Waals surface area (Å²) in [6, 6.07) is 0.724. The highest BCUT2D eigenvalue weighted by Crippen LogP contribution is 2.18. The van der Waals surface area contributed by atoms with Gasteiger partial charge < -0.3 is 15.2 Å². The lowest BCUT2D eigenvalue weighted by molar-refractivity contribution is 0.109. The molecule has 0 aromatic carbocycles. The second-order valence-corrected chi connectivity index (χ2v) is 4.66. The summed E-state index contributed by atoms with van der Waals surface area (Å²) in [6.45, 7) is 2.95. The predicted octanol–water partition coefficient (Wildman–Crippen LogP) is 1.69. The number of ether oxygens (including phenoxy) is 1. The third-order valence-electron chi connectivity index (χ3n) is 3.23. The van der Waals surface area contributed by atoms with Gasteiger partial charge in [0.05, 0.1) is 6.10 Å². The Bertz CT molecular complexity index is 164. The molecule has 0 aliphatic heterocycles. The smallest absolute Gasteiger partial charge is 0.0693 e. The lowest BCUT2D eigenvalue weighted by Crippen LogP contribution is -2.44. The third-order valence-corrected chi connectivity index (χ3v) is 3.23. The molecule has 1 aliphatic rings. The number of rotatable bonds is 5. The Balaban J connectivity index is 2.27. The van der Waals surface area contributed by atoms with Gasteiger partial charge in [-0.2, -0.15) is 0 Å². The Morgan fingerprint density at radius 2 is 2.07 bits per heavy atom. The van der Waals surface area contributed by atoms with Gasteiger partial charge in [-0.3, -0.25) is 0 Å². The van der Waals surface area contributed by atoms with Crippen LogP contribution in [0.2, 0.25) is 0 Å². The maximum atomic E-state index is 9.93. The van der Waals surface area contributed by atoms with Crippen LogP contribution in [0.3, 0.4) is 0 Å². The molecule has 3 nitrogen and oxygen atoms in total. The molecule has 0 saturated heterocycles. The maximum Gasteiger partial charge on any atom is 0.0693 e. The van der Waals surface area contributed by atoms with Crippen molar-refractivity contribution in [1.82, 2.24) is 5.32 Å². The number of hydrogen-bond donors (Lipinski definition) is 2. The fraction of sp³-hybridized carbons (Fsp3) is 1.00. The molecule has 0 heterocycles. The maximum absolute atomic E-state index is 9.93. The standard InChI is InChI=1S/C12H25NO2/c1-10(8-9-15-2)13-11-6-4-3-5-7-12(11)14/h10-14H,3-9H2,1-2H3. The molecule has 3 heteroatoms. The van der Waals surface area contributed by atoms with Gasteiger partial charge in [0.2, 0.25) is 0 Å². The first kappa shape index (κ1) is 12.9. The zero-order valence-electron chi connectivity index (χ0n) is 10.0. The first-order chi connectivity index (χ1) is 7.24. The highest BCUT2D eigenvalue weighted by atomic mass is 16.5. The Kier molecular flexibility index (Phi) is 6.22. The third kappa shape index (κ3) is 4.96. The van der Waals surface area contributed by atoms with E-state index < -0.39 is 0 Å². The summed E-state index contributed by atoms with van der Waals surface area (Å²) in [4.78, 5) is 0. The second kappa shape index (κ2) is 7.20. The normalized spacial score (nSPS) is 29.8. The van der Waals surface area contributed by atoms with Crippen molar-refractivity contribution in [3.05, 3.63) is 0 Å². The zero-order valence-corrected chi connectivity index (χ0v) is 10.0.